The molecule has 3 nitrogen and oxygen atoms in total. The van der Waals surface area contributed by atoms with Gasteiger partial charge in [-0.3, -0.25) is 4.90 Å². The van der Waals surface area contributed by atoms with Crippen LogP contribution in [0.15, 0.2) is 18.2 Å². The summed E-state index contributed by atoms with van der Waals surface area (Å²) >= 11 is 0. The lowest BCUT2D eigenvalue weighted by molar-refractivity contribution is 0.257. The Kier molecular flexibility index (Phi) is 5.10. The summed E-state index contributed by atoms with van der Waals surface area (Å²) in [4.78, 5) is 4.35. The molecule has 0 bridgehead atoms. The minimum absolute atomic E-state index is 0.471. The standard InChI is InChI=1S/C14H21F2N3/c1-2-17-5-6-18-7-9-19(10-8-18)14-4-3-12(15)11-13(14)16/h3-4,11,17H,2,5-10H2,1H3. The molecule has 19 heavy (non-hydrogen) atoms. The Morgan fingerprint density at radius 2 is 1.89 bits per heavy atom. The first-order valence-electron chi connectivity index (χ1n) is 6.83. The molecule has 0 spiro atoms. The van der Waals surface area contributed by atoms with Crippen molar-refractivity contribution in [3.8, 4) is 0 Å². The number of benzene rings is 1. The first-order chi connectivity index (χ1) is 9.20. The summed E-state index contributed by atoms with van der Waals surface area (Å²) < 4.78 is 26.6. The minimum Gasteiger partial charge on any atom is -0.367 e. The third-order valence-corrected chi connectivity index (χ3v) is 3.48. The molecule has 1 aliphatic rings. The molecule has 1 aliphatic heterocycles. The molecule has 106 valence electrons. The molecule has 1 aromatic carbocycles. The van der Waals surface area contributed by atoms with Crippen LogP contribution in [-0.4, -0.2) is 50.7 Å². The molecule has 1 saturated heterocycles. The first kappa shape index (κ1) is 14.2. The SMILES string of the molecule is CCNCCN1CCN(c2ccc(F)cc2F)CC1. The second-order valence-corrected chi connectivity index (χ2v) is 4.78. The number of hydrogen-bond acceptors (Lipinski definition) is 3. The van der Waals surface area contributed by atoms with Gasteiger partial charge in [0, 0.05) is 45.3 Å². The van der Waals surface area contributed by atoms with E-state index < -0.39 is 11.6 Å². The van der Waals surface area contributed by atoms with Crippen LogP contribution in [0.25, 0.3) is 0 Å². The van der Waals surface area contributed by atoms with E-state index in [0.29, 0.717) is 5.69 Å². The smallest absolute Gasteiger partial charge is 0.149 e. The van der Waals surface area contributed by atoms with Crippen molar-refractivity contribution < 1.29 is 8.78 Å². The number of rotatable bonds is 5. The van der Waals surface area contributed by atoms with Crippen LogP contribution in [0.4, 0.5) is 14.5 Å². The molecule has 1 heterocycles. The van der Waals surface area contributed by atoms with E-state index in [2.05, 4.69) is 17.1 Å². The largest absolute Gasteiger partial charge is 0.367 e. The fourth-order valence-electron chi connectivity index (χ4n) is 2.36. The van der Waals surface area contributed by atoms with Gasteiger partial charge in [-0.15, -0.1) is 0 Å². The second-order valence-electron chi connectivity index (χ2n) is 4.78. The van der Waals surface area contributed by atoms with E-state index in [1.807, 2.05) is 4.90 Å². The van der Waals surface area contributed by atoms with Gasteiger partial charge in [0.25, 0.3) is 0 Å². The number of likely N-dealkylation sites (N-methyl/N-ethyl adjacent to an activating group) is 1. The van der Waals surface area contributed by atoms with Gasteiger partial charge in [0.1, 0.15) is 11.6 Å². The zero-order valence-electron chi connectivity index (χ0n) is 11.3. The Morgan fingerprint density at radius 3 is 2.53 bits per heavy atom. The van der Waals surface area contributed by atoms with E-state index in [1.54, 1.807) is 0 Å². The van der Waals surface area contributed by atoms with Gasteiger partial charge in [0.05, 0.1) is 5.69 Å². The number of piperazine rings is 1. The lowest BCUT2D eigenvalue weighted by Gasteiger charge is -2.36. The molecule has 0 aliphatic carbocycles. The summed E-state index contributed by atoms with van der Waals surface area (Å²) in [5.74, 6) is -0.994. The maximum absolute atomic E-state index is 13.7. The van der Waals surface area contributed by atoms with Crippen molar-refractivity contribution in [2.24, 2.45) is 0 Å². The number of halogens is 2. The predicted molar refractivity (Wildman–Crippen MR) is 73.6 cm³/mol. The quantitative estimate of drug-likeness (QED) is 0.821. The zero-order valence-corrected chi connectivity index (χ0v) is 11.3. The molecule has 1 fully saturated rings. The van der Waals surface area contributed by atoms with Crippen LogP contribution in [0.2, 0.25) is 0 Å². The maximum Gasteiger partial charge on any atom is 0.149 e. The lowest BCUT2D eigenvalue weighted by Crippen LogP contribution is -2.48. The highest BCUT2D eigenvalue weighted by Gasteiger charge is 2.19. The molecule has 0 amide bonds. The van der Waals surface area contributed by atoms with E-state index in [4.69, 9.17) is 0 Å². The summed E-state index contributed by atoms with van der Waals surface area (Å²) in [5, 5.41) is 3.30. The van der Waals surface area contributed by atoms with Gasteiger partial charge >= 0.3 is 0 Å². The summed E-state index contributed by atoms with van der Waals surface area (Å²) in [7, 11) is 0. The molecule has 0 atom stereocenters. The van der Waals surface area contributed by atoms with Gasteiger partial charge in [0.2, 0.25) is 0 Å². The van der Waals surface area contributed by atoms with E-state index in [1.165, 1.54) is 12.1 Å². The van der Waals surface area contributed by atoms with Crippen molar-refractivity contribution in [2.75, 3.05) is 50.7 Å². The molecule has 0 radical (unpaired) electrons. The lowest BCUT2D eigenvalue weighted by atomic mass is 10.2. The molecule has 1 aromatic rings. The molecule has 0 saturated carbocycles. The molecule has 1 N–H and O–H groups in total. The number of nitrogens with one attached hydrogen (secondary N) is 1. The minimum atomic E-state index is -0.523. The topological polar surface area (TPSA) is 18.5 Å². The highest BCUT2D eigenvalue weighted by Crippen LogP contribution is 2.21. The normalized spacial score (nSPS) is 16.9. The maximum atomic E-state index is 13.7. The van der Waals surface area contributed by atoms with Crippen LogP contribution in [0.5, 0.6) is 0 Å². The molecular weight excluding hydrogens is 248 g/mol. The van der Waals surface area contributed by atoms with Crippen LogP contribution in [0, 0.1) is 11.6 Å². The van der Waals surface area contributed by atoms with Crippen LogP contribution in [-0.2, 0) is 0 Å². The highest BCUT2D eigenvalue weighted by molar-refractivity contribution is 5.48. The Bertz CT molecular complexity index is 404. The van der Waals surface area contributed by atoms with Gasteiger partial charge in [0.15, 0.2) is 0 Å². The van der Waals surface area contributed by atoms with Crippen LogP contribution in [0.1, 0.15) is 6.92 Å². The summed E-state index contributed by atoms with van der Waals surface area (Å²) in [6.45, 7) is 8.50. The average Bonchev–Trinajstić information content (AvgIpc) is 2.40. The van der Waals surface area contributed by atoms with Gasteiger partial charge in [-0.25, -0.2) is 8.78 Å². The molecule has 2 rings (SSSR count). The van der Waals surface area contributed by atoms with Gasteiger partial charge in [-0.2, -0.15) is 0 Å². The van der Waals surface area contributed by atoms with Gasteiger partial charge in [-0.1, -0.05) is 6.92 Å². The van der Waals surface area contributed by atoms with Crippen LogP contribution >= 0.6 is 0 Å². The summed E-state index contributed by atoms with van der Waals surface area (Å²) in [6, 6.07) is 3.79. The molecule has 0 aromatic heterocycles. The Hall–Kier alpha value is -1.20. The number of anilines is 1. The first-order valence-corrected chi connectivity index (χ1v) is 6.83. The average molecular weight is 269 g/mol. The van der Waals surface area contributed by atoms with Crippen molar-refractivity contribution in [3.63, 3.8) is 0 Å². The number of nitrogens with zero attached hydrogens (tertiary/aromatic N) is 2. The Balaban J connectivity index is 1.85. The van der Waals surface area contributed by atoms with Crippen LogP contribution < -0.4 is 10.2 Å². The van der Waals surface area contributed by atoms with Crippen molar-refractivity contribution in [2.45, 2.75) is 6.92 Å². The van der Waals surface area contributed by atoms with E-state index in [9.17, 15) is 8.78 Å². The Morgan fingerprint density at radius 1 is 1.16 bits per heavy atom. The Labute approximate surface area is 113 Å². The zero-order chi connectivity index (χ0) is 13.7. The van der Waals surface area contributed by atoms with Crippen molar-refractivity contribution in [3.05, 3.63) is 29.8 Å². The van der Waals surface area contributed by atoms with Crippen LogP contribution in [0.3, 0.4) is 0 Å². The van der Waals surface area contributed by atoms with E-state index in [0.717, 1.165) is 51.9 Å². The number of hydrogen-bond donors (Lipinski definition) is 1. The van der Waals surface area contributed by atoms with Crippen molar-refractivity contribution >= 4 is 5.69 Å². The highest BCUT2D eigenvalue weighted by atomic mass is 19.1. The van der Waals surface area contributed by atoms with E-state index in [-0.39, 0.29) is 0 Å². The fourth-order valence-corrected chi connectivity index (χ4v) is 2.36. The molecule has 5 heteroatoms. The molecule has 0 unspecified atom stereocenters. The monoisotopic (exact) mass is 269 g/mol. The third-order valence-electron chi connectivity index (χ3n) is 3.48. The van der Waals surface area contributed by atoms with Crippen molar-refractivity contribution in [1.82, 2.24) is 10.2 Å². The second kappa shape index (κ2) is 6.82. The third kappa shape index (κ3) is 3.88. The van der Waals surface area contributed by atoms with Gasteiger partial charge in [-0.05, 0) is 18.7 Å². The summed E-state index contributed by atoms with van der Waals surface area (Å²) in [5.41, 5.74) is 0.507. The van der Waals surface area contributed by atoms with Crippen molar-refractivity contribution in [1.29, 1.82) is 0 Å². The molecular formula is C14H21F2N3. The predicted octanol–water partition coefficient (Wildman–Crippen LogP) is 1.70. The van der Waals surface area contributed by atoms with Gasteiger partial charge < -0.3 is 10.2 Å². The summed E-state index contributed by atoms with van der Waals surface area (Å²) in [6.07, 6.45) is 0. The fraction of sp³-hybridized carbons (Fsp3) is 0.571. The van der Waals surface area contributed by atoms with E-state index >= 15 is 0 Å².